The average Bonchev–Trinajstić information content (AvgIpc) is 2.55. The Balaban J connectivity index is 2.05. The van der Waals surface area contributed by atoms with E-state index >= 15 is 0 Å². The Hall–Kier alpha value is -2.82. The summed E-state index contributed by atoms with van der Waals surface area (Å²) in [4.78, 5) is 22.9. The van der Waals surface area contributed by atoms with E-state index in [1.807, 2.05) is 19.1 Å². The van der Waals surface area contributed by atoms with E-state index in [4.69, 9.17) is 9.84 Å². The lowest BCUT2D eigenvalue weighted by Crippen LogP contribution is -2.12. The van der Waals surface area contributed by atoms with Crippen molar-refractivity contribution in [2.75, 3.05) is 12.4 Å². The van der Waals surface area contributed by atoms with Crippen LogP contribution in [-0.2, 0) is 4.79 Å². The standard InChI is InChI=1S/C18H19NO4/c1-12(10-17(20)21)13-6-8-15(9-7-13)19-18(22)14-4-3-5-16(11-14)23-2/h3-9,11-12H,10H2,1-2H3,(H,19,22)(H,20,21). The molecule has 23 heavy (non-hydrogen) atoms. The van der Waals surface area contributed by atoms with Crippen LogP contribution in [-0.4, -0.2) is 24.1 Å². The van der Waals surface area contributed by atoms with Crippen molar-refractivity contribution >= 4 is 17.6 Å². The molecule has 0 saturated carbocycles. The number of carbonyl (C=O) groups excluding carboxylic acids is 1. The molecule has 1 amide bonds. The molecule has 0 radical (unpaired) electrons. The smallest absolute Gasteiger partial charge is 0.303 e. The van der Waals surface area contributed by atoms with Crippen molar-refractivity contribution in [3.63, 3.8) is 0 Å². The van der Waals surface area contributed by atoms with Gasteiger partial charge in [-0.25, -0.2) is 0 Å². The second-order valence-corrected chi connectivity index (χ2v) is 5.31. The summed E-state index contributed by atoms with van der Waals surface area (Å²) in [5.41, 5.74) is 2.09. The number of ether oxygens (including phenoxy) is 1. The molecular formula is C18H19NO4. The lowest BCUT2D eigenvalue weighted by atomic mass is 9.98. The van der Waals surface area contributed by atoms with Gasteiger partial charge in [-0.05, 0) is 41.8 Å². The molecule has 0 aliphatic carbocycles. The maximum Gasteiger partial charge on any atom is 0.303 e. The summed E-state index contributed by atoms with van der Waals surface area (Å²) in [7, 11) is 1.55. The normalized spacial score (nSPS) is 11.6. The molecule has 120 valence electrons. The van der Waals surface area contributed by atoms with Gasteiger partial charge in [-0.15, -0.1) is 0 Å². The minimum absolute atomic E-state index is 0.0735. The van der Waals surface area contributed by atoms with Crippen LogP contribution in [0.4, 0.5) is 5.69 Å². The molecule has 0 heterocycles. The third kappa shape index (κ3) is 4.57. The highest BCUT2D eigenvalue weighted by atomic mass is 16.5. The number of hydrogen-bond acceptors (Lipinski definition) is 3. The third-order valence-electron chi connectivity index (χ3n) is 3.55. The first-order chi connectivity index (χ1) is 11.0. The van der Waals surface area contributed by atoms with Crippen molar-refractivity contribution in [2.24, 2.45) is 0 Å². The van der Waals surface area contributed by atoms with E-state index in [0.717, 1.165) is 5.56 Å². The number of carbonyl (C=O) groups is 2. The van der Waals surface area contributed by atoms with E-state index in [0.29, 0.717) is 17.0 Å². The van der Waals surface area contributed by atoms with Crippen molar-refractivity contribution in [2.45, 2.75) is 19.3 Å². The van der Waals surface area contributed by atoms with Crippen molar-refractivity contribution in [3.05, 3.63) is 59.7 Å². The zero-order valence-corrected chi connectivity index (χ0v) is 13.1. The fourth-order valence-corrected chi connectivity index (χ4v) is 2.24. The fraction of sp³-hybridized carbons (Fsp3) is 0.222. The molecule has 1 unspecified atom stereocenters. The summed E-state index contributed by atoms with van der Waals surface area (Å²) in [6.07, 6.45) is 0.0789. The van der Waals surface area contributed by atoms with Crippen molar-refractivity contribution in [1.29, 1.82) is 0 Å². The highest BCUT2D eigenvalue weighted by molar-refractivity contribution is 6.04. The number of aliphatic carboxylic acids is 1. The van der Waals surface area contributed by atoms with Crippen LogP contribution in [0.1, 0.15) is 35.2 Å². The zero-order valence-electron chi connectivity index (χ0n) is 13.1. The van der Waals surface area contributed by atoms with Crippen molar-refractivity contribution in [1.82, 2.24) is 0 Å². The molecular weight excluding hydrogens is 294 g/mol. The van der Waals surface area contributed by atoms with Gasteiger partial charge in [-0.1, -0.05) is 25.1 Å². The SMILES string of the molecule is COc1cccc(C(=O)Nc2ccc(C(C)CC(=O)O)cc2)c1. The van der Waals surface area contributed by atoms with E-state index < -0.39 is 5.97 Å². The summed E-state index contributed by atoms with van der Waals surface area (Å²) >= 11 is 0. The number of rotatable bonds is 6. The Labute approximate surface area is 134 Å². The van der Waals surface area contributed by atoms with Crippen LogP contribution in [0.25, 0.3) is 0 Å². The molecule has 0 aliphatic heterocycles. The molecule has 2 aromatic rings. The Morgan fingerprint density at radius 1 is 1.17 bits per heavy atom. The number of carboxylic acids is 1. The maximum atomic E-state index is 12.2. The highest BCUT2D eigenvalue weighted by Crippen LogP contribution is 2.21. The summed E-state index contributed by atoms with van der Waals surface area (Å²) < 4.78 is 5.10. The second-order valence-electron chi connectivity index (χ2n) is 5.31. The van der Waals surface area contributed by atoms with Gasteiger partial charge in [0.1, 0.15) is 5.75 Å². The first kappa shape index (κ1) is 16.5. The Morgan fingerprint density at radius 2 is 1.87 bits per heavy atom. The molecule has 2 aromatic carbocycles. The lowest BCUT2D eigenvalue weighted by Gasteiger charge is -2.11. The maximum absolute atomic E-state index is 12.2. The van der Waals surface area contributed by atoms with Crippen LogP contribution in [0.3, 0.4) is 0 Å². The molecule has 1 atom stereocenters. The van der Waals surface area contributed by atoms with Crippen LogP contribution in [0.15, 0.2) is 48.5 Å². The summed E-state index contributed by atoms with van der Waals surface area (Å²) in [5, 5.41) is 11.6. The van der Waals surface area contributed by atoms with Gasteiger partial charge in [0.05, 0.1) is 13.5 Å². The van der Waals surface area contributed by atoms with E-state index in [1.54, 1.807) is 43.5 Å². The van der Waals surface area contributed by atoms with E-state index in [-0.39, 0.29) is 18.2 Å². The van der Waals surface area contributed by atoms with Crippen LogP contribution >= 0.6 is 0 Å². The van der Waals surface area contributed by atoms with Gasteiger partial charge in [0.15, 0.2) is 0 Å². The molecule has 5 heteroatoms. The van der Waals surface area contributed by atoms with Crippen LogP contribution in [0.2, 0.25) is 0 Å². The van der Waals surface area contributed by atoms with Gasteiger partial charge in [-0.3, -0.25) is 9.59 Å². The Morgan fingerprint density at radius 3 is 2.48 bits per heavy atom. The van der Waals surface area contributed by atoms with Gasteiger partial charge in [0, 0.05) is 11.3 Å². The van der Waals surface area contributed by atoms with Gasteiger partial charge in [0.25, 0.3) is 5.91 Å². The minimum atomic E-state index is -0.826. The number of benzene rings is 2. The van der Waals surface area contributed by atoms with Gasteiger partial charge in [-0.2, -0.15) is 0 Å². The quantitative estimate of drug-likeness (QED) is 0.855. The van der Waals surface area contributed by atoms with Gasteiger partial charge >= 0.3 is 5.97 Å². The van der Waals surface area contributed by atoms with Gasteiger partial charge in [0.2, 0.25) is 0 Å². The van der Waals surface area contributed by atoms with E-state index in [9.17, 15) is 9.59 Å². The van der Waals surface area contributed by atoms with Gasteiger partial charge < -0.3 is 15.2 Å². The summed E-state index contributed by atoms with van der Waals surface area (Å²) in [5.74, 6) is -0.505. The van der Waals surface area contributed by atoms with Crippen LogP contribution in [0.5, 0.6) is 5.75 Å². The van der Waals surface area contributed by atoms with E-state index in [1.165, 1.54) is 0 Å². The number of methoxy groups -OCH3 is 1. The Bertz CT molecular complexity index is 694. The molecule has 0 aromatic heterocycles. The minimum Gasteiger partial charge on any atom is -0.497 e. The fourth-order valence-electron chi connectivity index (χ4n) is 2.24. The predicted octanol–water partition coefficient (Wildman–Crippen LogP) is 3.53. The molecule has 0 spiro atoms. The molecule has 5 nitrogen and oxygen atoms in total. The number of amides is 1. The summed E-state index contributed by atoms with van der Waals surface area (Å²) in [6, 6.07) is 14.1. The Kier molecular flexibility index (Phi) is 5.36. The van der Waals surface area contributed by atoms with Crippen LogP contribution < -0.4 is 10.1 Å². The summed E-state index contributed by atoms with van der Waals surface area (Å²) in [6.45, 7) is 1.86. The first-order valence-corrected chi connectivity index (χ1v) is 7.26. The predicted molar refractivity (Wildman–Crippen MR) is 88.1 cm³/mol. The average molecular weight is 313 g/mol. The molecule has 0 aliphatic rings. The van der Waals surface area contributed by atoms with Crippen molar-refractivity contribution in [3.8, 4) is 5.75 Å². The molecule has 0 bridgehead atoms. The van der Waals surface area contributed by atoms with Crippen molar-refractivity contribution < 1.29 is 19.4 Å². The lowest BCUT2D eigenvalue weighted by molar-refractivity contribution is -0.137. The monoisotopic (exact) mass is 313 g/mol. The van der Waals surface area contributed by atoms with E-state index in [2.05, 4.69) is 5.32 Å². The largest absolute Gasteiger partial charge is 0.497 e. The molecule has 0 saturated heterocycles. The molecule has 0 fully saturated rings. The second kappa shape index (κ2) is 7.45. The number of carboxylic acid groups (broad SMARTS) is 1. The topological polar surface area (TPSA) is 75.6 Å². The number of nitrogens with one attached hydrogen (secondary N) is 1. The molecule has 2 N–H and O–H groups in total. The number of anilines is 1. The zero-order chi connectivity index (χ0) is 16.8. The number of hydrogen-bond donors (Lipinski definition) is 2. The highest BCUT2D eigenvalue weighted by Gasteiger charge is 2.11. The third-order valence-corrected chi connectivity index (χ3v) is 3.55. The van der Waals surface area contributed by atoms with Crippen LogP contribution in [0, 0.1) is 0 Å². The molecule has 2 rings (SSSR count). The first-order valence-electron chi connectivity index (χ1n) is 7.26.